The van der Waals surface area contributed by atoms with Crippen molar-refractivity contribution in [2.45, 2.75) is 13.3 Å². The molecule has 23 heavy (non-hydrogen) atoms. The van der Waals surface area contributed by atoms with Crippen molar-refractivity contribution in [2.75, 3.05) is 17.2 Å². The number of halogens is 2. The molecular formula is C15H16Br2N4O2. The van der Waals surface area contributed by atoms with Gasteiger partial charge in [-0.3, -0.25) is 9.59 Å². The fraction of sp³-hybridized carbons (Fsp3) is 0.267. The summed E-state index contributed by atoms with van der Waals surface area (Å²) >= 11 is 6.61. The maximum Gasteiger partial charge on any atom is 0.282 e. The van der Waals surface area contributed by atoms with E-state index in [4.69, 9.17) is 0 Å². The second-order valence-corrected chi connectivity index (χ2v) is 6.69. The first kappa shape index (κ1) is 17.7. The fourth-order valence-corrected chi connectivity index (χ4v) is 2.75. The van der Waals surface area contributed by atoms with Crippen LogP contribution in [0.5, 0.6) is 0 Å². The summed E-state index contributed by atoms with van der Waals surface area (Å²) in [6, 6.07) is 5.72. The van der Waals surface area contributed by atoms with E-state index in [1.807, 2.05) is 25.1 Å². The molecule has 0 atom stereocenters. The molecule has 2 rings (SSSR count). The number of aryl methyl sites for hydroxylation is 2. The summed E-state index contributed by atoms with van der Waals surface area (Å²) in [5, 5.41) is 9.83. The number of benzene rings is 1. The smallest absolute Gasteiger partial charge is 0.282 e. The van der Waals surface area contributed by atoms with Gasteiger partial charge in [0.1, 0.15) is 4.47 Å². The van der Waals surface area contributed by atoms with Gasteiger partial charge in [-0.2, -0.15) is 5.10 Å². The predicted molar refractivity (Wildman–Crippen MR) is 97.8 cm³/mol. The van der Waals surface area contributed by atoms with Crippen LogP contribution in [0.15, 0.2) is 38.1 Å². The van der Waals surface area contributed by atoms with E-state index in [1.54, 1.807) is 13.2 Å². The third-order valence-electron chi connectivity index (χ3n) is 3.22. The molecule has 0 saturated carbocycles. The molecule has 0 aliphatic carbocycles. The zero-order valence-electron chi connectivity index (χ0n) is 12.7. The van der Waals surface area contributed by atoms with Gasteiger partial charge in [0, 0.05) is 30.2 Å². The molecule has 122 valence electrons. The number of nitrogens with zero attached hydrogens (tertiary/aromatic N) is 2. The first-order valence-corrected chi connectivity index (χ1v) is 8.49. The van der Waals surface area contributed by atoms with Crippen LogP contribution >= 0.6 is 31.9 Å². The number of hydrogen-bond donors (Lipinski definition) is 2. The first-order valence-electron chi connectivity index (χ1n) is 6.90. The van der Waals surface area contributed by atoms with Gasteiger partial charge in [-0.15, -0.1) is 0 Å². The molecule has 1 amide bonds. The van der Waals surface area contributed by atoms with Gasteiger partial charge in [0.05, 0.1) is 11.9 Å². The van der Waals surface area contributed by atoms with E-state index in [1.165, 1.54) is 4.68 Å². The number of hydrogen-bond acceptors (Lipinski definition) is 4. The minimum absolute atomic E-state index is 0.105. The number of carbonyl (C=O) groups is 1. The first-order chi connectivity index (χ1) is 10.9. The van der Waals surface area contributed by atoms with Gasteiger partial charge in [0.25, 0.3) is 5.56 Å². The Morgan fingerprint density at radius 2 is 2.04 bits per heavy atom. The maximum atomic E-state index is 12.0. The Bertz CT molecular complexity index is 790. The van der Waals surface area contributed by atoms with Crippen molar-refractivity contribution in [3.63, 3.8) is 0 Å². The normalized spacial score (nSPS) is 10.4. The lowest BCUT2D eigenvalue weighted by Gasteiger charge is -2.10. The summed E-state index contributed by atoms with van der Waals surface area (Å²) in [5.74, 6) is -0.105. The van der Waals surface area contributed by atoms with E-state index in [0.717, 1.165) is 15.7 Å². The Kier molecular flexibility index (Phi) is 5.95. The minimum atomic E-state index is -0.232. The number of anilines is 2. The highest BCUT2D eigenvalue weighted by molar-refractivity contribution is 9.10. The third kappa shape index (κ3) is 4.65. The molecule has 2 aromatic rings. The van der Waals surface area contributed by atoms with Crippen molar-refractivity contribution >= 4 is 49.1 Å². The lowest BCUT2D eigenvalue weighted by atomic mass is 10.2. The molecule has 0 unspecified atom stereocenters. The van der Waals surface area contributed by atoms with Crippen molar-refractivity contribution in [1.29, 1.82) is 0 Å². The van der Waals surface area contributed by atoms with Crippen LogP contribution in [-0.2, 0) is 11.8 Å². The van der Waals surface area contributed by atoms with Crippen LogP contribution in [0.2, 0.25) is 0 Å². The Morgan fingerprint density at radius 3 is 2.78 bits per heavy atom. The van der Waals surface area contributed by atoms with Gasteiger partial charge in [-0.05, 0) is 40.5 Å². The topological polar surface area (TPSA) is 76.0 Å². The van der Waals surface area contributed by atoms with E-state index in [0.29, 0.717) is 16.7 Å². The van der Waals surface area contributed by atoms with Crippen LogP contribution in [0, 0.1) is 6.92 Å². The molecule has 0 spiro atoms. The summed E-state index contributed by atoms with van der Waals surface area (Å²) in [6.45, 7) is 2.33. The lowest BCUT2D eigenvalue weighted by Crippen LogP contribution is -2.22. The average Bonchev–Trinajstić information content (AvgIpc) is 2.51. The number of aromatic nitrogens is 2. The molecule has 0 saturated heterocycles. The van der Waals surface area contributed by atoms with Gasteiger partial charge in [-0.1, -0.05) is 22.0 Å². The molecule has 0 fully saturated rings. The van der Waals surface area contributed by atoms with Crippen LogP contribution < -0.4 is 16.2 Å². The molecule has 1 aromatic heterocycles. The van der Waals surface area contributed by atoms with Gasteiger partial charge >= 0.3 is 0 Å². The Hall–Kier alpha value is -1.67. The largest absolute Gasteiger partial charge is 0.382 e. The molecule has 8 heteroatoms. The minimum Gasteiger partial charge on any atom is -0.382 e. The Balaban J connectivity index is 1.92. The zero-order chi connectivity index (χ0) is 17.0. The molecular weight excluding hydrogens is 428 g/mol. The highest BCUT2D eigenvalue weighted by Crippen LogP contribution is 2.21. The van der Waals surface area contributed by atoms with Crippen LogP contribution in [0.3, 0.4) is 0 Å². The van der Waals surface area contributed by atoms with Crippen molar-refractivity contribution < 1.29 is 4.79 Å². The average molecular weight is 444 g/mol. The van der Waals surface area contributed by atoms with E-state index in [-0.39, 0.29) is 17.9 Å². The summed E-state index contributed by atoms with van der Waals surface area (Å²) in [5.41, 5.74) is 2.11. The van der Waals surface area contributed by atoms with Crippen LogP contribution in [0.4, 0.5) is 11.4 Å². The van der Waals surface area contributed by atoms with Crippen LogP contribution in [0.25, 0.3) is 0 Å². The van der Waals surface area contributed by atoms with Crippen LogP contribution in [0.1, 0.15) is 12.0 Å². The standard InChI is InChI=1S/C15H16Br2N4O2/c1-9-3-4-10(16)7-11(9)20-13(22)5-6-18-12-8-19-21(2)15(23)14(12)17/h3-4,7-8,18H,5-6H2,1-2H3,(H,20,22). The number of nitrogens with one attached hydrogen (secondary N) is 2. The van der Waals surface area contributed by atoms with Crippen LogP contribution in [-0.4, -0.2) is 22.2 Å². The van der Waals surface area contributed by atoms with Crippen molar-refractivity contribution in [3.8, 4) is 0 Å². The van der Waals surface area contributed by atoms with E-state index in [2.05, 4.69) is 47.6 Å². The van der Waals surface area contributed by atoms with Crippen molar-refractivity contribution in [3.05, 3.63) is 49.3 Å². The number of carbonyl (C=O) groups excluding carboxylic acids is 1. The molecule has 0 aliphatic heterocycles. The second-order valence-electron chi connectivity index (χ2n) is 4.99. The quantitative estimate of drug-likeness (QED) is 0.744. The summed E-state index contributed by atoms with van der Waals surface area (Å²) in [6.07, 6.45) is 1.81. The van der Waals surface area contributed by atoms with Gasteiger partial charge in [0.15, 0.2) is 0 Å². The van der Waals surface area contributed by atoms with Gasteiger partial charge in [0.2, 0.25) is 5.91 Å². The molecule has 2 N–H and O–H groups in total. The molecule has 0 bridgehead atoms. The summed E-state index contributed by atoms with van der Waals surface area (Å²) in [4.78, 5) is 23.7. The lowest BCUT2D eigenvalue weighted by molar-refractivity contribution is -0.115. The maximum absolute atomic E-state index is 12.0. The monoisotopic (exact) mass is 442 g/mol. The van der Waals surface area contributed by atoms with E-state index < -0.39 is 0 Å². The third-order valence-corrected chi connectivity index (χ3v) is 4.48. The van der Waals surface area contributed by atoms with E-state index in [9.17, 15) is 9.59 Å². The fourth-order valence-electron chi connectivity index (χ4n) is 1.89. The highest BCUT2D eigenvalue weighted by atomic mass is 79.9. The number of amides is 1. The Labute approximate surface area is 150 Å². The number of rotatable bonds is 5. The molecule has 1 aromatic carbocycles. The van der Waals surface area contributed by atoms with Crippen molar-refractivity contribution in [2.24, 2.45) is 7.05 Å². The van der Waals surface area contributed by atoms with Crippen molar-refractivity contribution in [1.82, 2.24) is 9.78 Å². The summed E-state index contributed by atoms with van der Waals surface area (Å²) < 4.78 is 2.54. The second kappa shape index (κ2) is 7.74. The molecule has 0 radical (unpaired) electrons. The molecule has 6 nitrogen and oxygen atoms in total. The summed E-state index contributed by atoms with van der Waals surface area (Å²) in [7, 11) is 1.57. The molecule has 0 aliphatic rings. The zero-order valence-corrected chi connectivity index (χ0v) is 15.9. The highest BCUT2D eigenvalue weighted by Gasteiger charge is 2.08. The van der Waals surface area contributed by atoms with E-state index >= 15 is 0 Å². The van der Waals surface area contributed by atoms with Gasteiger partial charge in [-0.25, -0.2) is 4.68 Å². The Morgan fingerprint density at radius 1 is 1.30 bits per heavy atom. The predicted octanol–water partition coefficient (Wildman–Crippen LogP) is 3.05. The molecule has 1 heterocycles. The SMILES string of the molecule is Cc1ccc(Br)cc1NC(=O)CCNc1cnn(C)c(=O)c1Br. The van der Waals surface area contributed by atoms with Gasteiger partial charge < -0.3 is 10.6 Å².